The van der Waals surface area contributed by atoms with Crippen LogP contribution in [-0.4, -0.2) is 18.2 Å². The van der Waals surface area contributed by atoms with Gasteiger partial charge in [-0.3, -0.25) is 4.79 Å². The van der Waals surface area contributed by atoms with E-state index in [4.69, 9.17) is 4.42 Å². The molecule has 0 atom stereocenters. The van der Waals surface area contributed by atoms with Crippen molar-refractivity contribution in [3.05, 3.63) is 60.6 Å². The Morgan fingerprint density at radius 2 is 2.29 bits per heavy atom. The van der Waals surface area contributed by atoms with Crippen LogP contribution in [0.2, 0.25) is 0 Å². The smallest absolute Gasteiger partial charge is 0.233 e. The second-order valence-electron chi connectivity index (χ2n) is 5.00. The summed E-state index contributed by atoms with van der Waals surface area (Å²) in [5, 5.41) is 0. The maximum absolute atomic E-state index is 12.5. The summed E-state index contributed by atoms with van der Waals surface area (Å²) in [7, 11) is 0. The fourth-order valence-electron chi connectivity index (χ4n) is 2.42. The zero-order chi connectivity index (χ0) is 14.8. The van der Waals surface area contributed by atoms with Crippen LogP contribution < -0.4 is 4.90 Å². The van der Waals surface area contributed by atoms with Crippen molar-refractivity contribution in [1.29, 1.82) is 0 Å². The third-order valence-electron chi connectivity index (χ3n) is 3.41. The maximum Gasteiger partial charge on any atom is 0.233 e. The SMILES string of the molecule is C=CCN1C(=O)CC(c2ccco2)=Nc2ccc(C)cc21. The molecular formula is C17H16N2O2. The Balaban J connectivity index is 2.14. The van der Waals surface area contributed by atoms with Crippen LogP contribution in [0.1, 0.15) is 17.7 Å². The summed E-state index contributed by atoms with van der Waals surface area (Å²) in [6.07, 6.45) is 3.53. The Labute approximate surface area is 123 Å². The standard InChI is InChI=1S/C17H16N2O2/c1-3-8-19-15-10-12(2)6-7-13(15)18-14(11-17(19)20)16-5-4-9-21-16/h3-7,9-10H,1,8,11H2,2H3. The summed E-state index contributed by atoms with van der Waals surface area (Å²) in [4.78, 5) is 18.9. The van der Waals surface area contributed by atoms with Crippen LogP contribution in [0.25, 0.3) is 0 Å². The van der Waals surface area contributed by atoms with Crippen LogP contribution in [0.3, 0.4) is 0 Å². The highest BCUT2D eigenvalue weighted by atomic mass is 16.3. The molecule has 106 valence electrons. The van der Waals surface area contributed by atoms with Crippen molar-refractivity contribution in [2.75, 3.05) is 11.4 Å². The Morgan fingerprint density at radius 1 is 1.43 bits per heavy atom. The van der Waals surface area contributed by atoms with Crippen LogP contribution in [-0.2, 0) is 4.79 Å². The predicted molar refractivity (Wildman–Crippen MR) is 83.3 cm³/mol. The van der Waals surface area contributed by atoms with Crippen LogP contribution >= 0.6 is 0 Å². The van der Waals surface area contributed by atoms with Crippen molar-refractivity contribution >= 4 is 23.0 Å². The first-order valence-corrected chi connectivity index (χ1v) is 6.82. The number of aliphatic imine (C=N–C) groups is 1. The topological polar surface area (TPSA) is 45.8 Å². The average Bonchev–Trinajstić information content (AvgIpc) is 2.96. The van der Waals surface area contributed by atoms with Gasteiger partial charge in [-0.15, -0.1) is 6.58 Å². The van der Waals surface area contributed by atoms with E-state index in [0.29, 0.717) is 18.0 Å². The lowest BCUT2D eigenvalue weighted by Gasteiger charge is -2.21. The van der Waals surface area contributed by atoms with E-state index in [0.717, 1.165) is 16.9 Å². The number of nitrogens with zero attached hydrogens (tertiary/aromatic N) is 2. The van der Waals surface area contributed by atoms with Crippen LogP contribution in [0.5, 0.6) is 0 Å². The van der Waals surface area contributed by atoms with Gasteiger partial charge in [-0.25, -0.2) is 4.99 Å². The number of furan rings is 1. The minimum Gasteiger partial charge on any atom is -0.463 e. The van der Waals surface area contributed by atoms with Gasteiger partial charge in [0.25, 0.3) is 0 Å². The molecule has 2 aromatic rings. The molecule has 21 heavy (non-hydrogen) atoms. The molecule has 4 nitrogen and oxygen atoms in total. The fraction of sp³-hybridized carbons (Fsp3) is 0.176. The summed E-state index contributed by atoms with van der Waals surface area (Å²) in [5.74, 6) is 0.629. The summed E-state index contributed by atoms with van der Waals surface area (Å²) in [6.45, 7) is 6.20. The molecule has 0 unspecified atom stereocenters. The van der Waals surface area contributed by atoms with E-state index in [1.807, 2.05) is 31.2 Å². The Morgan fingerprint density at radius 3 is 3.00 bits per heavy atom. The summed E-state index contributed by atoms with van der Waals surface area (Å²) in [6, 6.07) is 9.52. The molecule has 1 aromatic heterocycles. The van der Waals surface area contributed by atoms with Crippen molar-refractivity contribution in [3.8, 4) is 0 Å². The zero-order valence-electron chi connectivity index (χ0n) is 11.9. The third-order valence-corrected chi connectivity index (χ3v) is 3.41. The molecule has 0 bridgehead atoms. The van der Waals surface area contributed by atoms with Gasteiger partial charge in [-0.05, 0) is 36.8 Å². The largest absolute Gasteiger partial charge is 0.463 e. The van der Waals surface area contributed by atoms with Gasteiger partial charge < -0.3 is 9.32 Å². The molecule has 0 N–H and O–H groups in total. The van der Waals surface area contributed by atoms with Crippen molar-refractivity contribution < 1.29 is 9.21 Å². The first-order chi connectivity index (χ1) is 10.2. The number of hydrogen-bond donors (Lipinski definition) is 0. The summed E-state index contributed by atoms with van der Waals surface area (Å²) < 4.78 is 5.39. The molecule has 4 heteroatoms. The second kappa shape index (κ2) is 5.40. The highest BCUT2D eigenvalue weighted by molar-refractivity contribution is 6.16. The van der Waals surface area contributed by atoms with Gasteiger partial charge >= 0.3 is 0 Å². The maximum atomic E-state index is 12.5. The van der Waals surface area contributed by atoms with Crippen molar-refractivity contribution in [2.24, 2.45) is 4.99 Å². The van der Waals surface area contributed by atoms with Gasteiger partial charge in [0.1, 0.15) is 5.76 Å². The van der Waals surface area contributed by atoms with E-state index in [2.05, 4.69) is 11.6 Å². The van der Waals surface area contributed by atoms with Crippen molar-refractivity contribution in [3.63, 3.8) is 0 Å². The second-order valence-corrected chi connectivity index (χ2v) is 5.00. The first kappa shape index (κ1) is 13.4. The van der Waals surface area contributed by atoms with Gasteiger partial charge in [0, 0.05) is 6.54 Å². The monoisotopic (exact) mass is 280 g/mol. The predicted octanol–water partition coefficient (Wildman–Crippen LogP) is 3.63. The number of fused-ring (bicyclic) bond motifs is 1. The quantitative estimate of drug-likeness (QED) is 0.806. The summed E-state index contributed by atoms with van der Waals surface area (Å²) in [5.41, 5.74) is 3.34. The van der Waals surface area contributed by atoms with Crippen LogP contribution in [0.15, 0.2) is 58.7 Å². The number of anilines is 1. The van der Waals surface area contributed by atoms with Crippen LogP contribution in [0.4, 0.5) is 11.4 Å². The van der Waals surface area contributed by atoms with Gasteiger partial charge in [-0.2, -0.15) is 0 Å². The normalized spacial score (nSPS) is 14.4. The minimum absolute atomic E-state index is 0.00519. The lowest BCUT2D eigenvalue weighted by Crippen LogP contribution is -2.31. The molecule has 1 amide bonds. The molecule has 0 saturated carbocycles. The van der Waals surface area contributed by atoms with E-state index in [-0.39, 0.29) is 12.3 Å². The van der Waals surface area contributed by atoms with Crippen molar-refractivity contribution in [1.82, 2.24) is 0 Å². The first-order valence-electron chi connectivity index (χ1n) is 6.82. The Hall–Kier alpha value is -2.62. The van der Waals surface area contributed by atoms with E-state index in [1.165, 1.54) is 0 Å². The highest BCUT2D eigenvalue weighted by Gasteiger charge is 2.25. The number of amides is 1. The molecule has 0 spiro atoms. The van der Waals surface area contributed by atoms with Gasteiger partial charge in [0.05, 0.1) is 29.8 Å². The molecule has 0 radical (unpaired) electrons. The van der Waals surface area contributed by atoms with Crippen molar-refractivity contribution in [2.45, 2.75) is 13.3 Å². The highest BCUT2D eigenvalue weighted by Crippen LogP contribution is 2.33. The molecular weight excluding hydrogens is 264 g/mol. The lowest BCUT2D eigenvalue weighted by atomic mass is 10.1. The lowest BCUT2D eigenvalue weighted by molar-refractivity contribution is -0.117. The molecule has 3 rings (SSSR count). The number of carbonyl (C=O) groups excluding carboxylic acids is 1. The molecule has 0 saturated heterocycles. The molecule has 1 aliphatic heterocycles. The van der Waals surface area contributed by atoms with Gasteiger partial charge in [-0.1, -0.05) is 12.1 Å². The van der Waals surface area contributed by atoms with E-state index in [1.54, 1.807) is 23.3 Å². The molecule has 2 heterocycles. The zero-order valence-corrected chi connectivity index (χ0v) is 11.9. The molecule has 1 aliphatic rings. The van der Waals surface area contributed by atoms with Gasteiger partial charge in [0.2, 0.25) is 5.91 Å². The van der Waals surface area contributed by atoms with E-state index in [9.17, 15) is 4.79 Å². The fourth-order valence-corrected chi connectivity index (χ4v) is 2.42. The number of aryl methyl sites for hydroxylation is 1. The summed E-state index contributed by atoms with van der Waals surface area (Å²) >= 11 is 0. The Bertz CT molecular complexity index is 714. The number of rotatable bonds is 3. The molecule has 1 aromatic carbocycles. The van der Waals surface area contributed by atoms with Crippen LogP contribution in [0, 0.1) is 6.92 Å². The van der Waals surface area contributed by atoms with Gasteiger partial charge in [0.15, 0.2) is 0 Å². The molecule has 0 aliphatic carbocycles. The molecule has 0 fully saturated rings. The average molecular weight is 280 g/mol. The third kappa shape index (κ3) is 2.52. The number of hydrogen-bond acceptors (Lipinski definition) is 3. The Kier molecular flexibility index (Phi) is 3.44. The number of carbonyl (C=O) groups is 1. The van der Waals surface area contributed by atoms with E-state index < -0.39 is 0 Å². The van der Waals surface area contributed by atoms with E-state index >= 15 is 0 Å². The minimum atomic E-state index is -0.00519. The number of benzene rings is 1.